The lowest BCUT2D eigenvalue weighted by molar-refractivity contribution is 0.0949. The standard InChI is InChI=1S/C25H22N6O3/c1-16-12-19(29-34-16)8-9-22(32)20-14-26-30(2)24(20)23(33)13-18-10-11-31-15-21(28-25(31)27-18)17-6-4-3-5-7-17/h3-7,10-12,14-15H,8-9,13H2,1-2H3. The van der Waals surface area contributed by atoms with Gasteiger partial charge in [-0.15, -0.1) is 0 Å². The Hall–Kier alpha value is -4.40. The second-order valence-electron chi connectivity index (χ2n) is 8.10. The third kappa shape index (κ3) is 4.27. The van der Waals surface area contributed by atoms with Crippen molar-refractivity contribution in [1.82, 2.24) is 29.3 Å². The molecule has 0 N–H and O–H groups in total. The van der Waals surface area contributed by atoms with Crippen LogP contribution in [0.4, 0.5) is 0 Å². The van der Waals surface area contributed by atoms with Crippen LogP contribution in [0.3, 0.4) is 0 Å². The van der Waals surface area contributed by atoms with Crippen molar-refractivity contribution < 1.29 is 14.1 Å². The van der Waals surface area contributed by atoms with E-state index < -0.39 is 0 Å². The Bertz CT molecular complexity index is 1500. The molecule has 5 aromatic rings. The number of rotatable bonds is 8. The van der Waals surface area contributed by atoms with Crippen molar-refractivity contribution in [2.24, 2.45) is 7.05 Å². The molecule has 0 aliphatic carbocycles. The van der Waals surface area contributed by atoms with Crippen molar-refractivity contribution in [3.8, 4) is 11.3 Å². The number of hydrogen-bond acceptors (Lipinski definition) is 7. The Morgan fingerprint density at radius 3 is 2.62 bits per heavy atom. The molecule has 0 saturated carbocycles. The summed E-state index contributed by atoms with van der Waals surface area (Å²) in [6.45, 7) is 1.80. The minimum Gasteiger partial charge on any atom is -0.361 e. The first-order valence-corrected chi connectivity index (χ1v) is 10.9. The molecule has 4 aromatic heterocycles. The number of nitrogens with zero attached hydrogens (tertiary/aromatic N) is 6. The van der Waals surface area contributed by atoms with E-state index >= 15 is 0 Å². The zero-order valence-electron chi connectivity index (χ0n) is 18.8. The van der Waals surface area contributed by atoms with E-state index in [1.54, 1.807) is 26.1 Å². The van der Waals surface area contributed by atoms with Gasteiger partial charge in [-0.2, -0.15) is 5.10 Å². The van der Waals surface area contributed by atoms with Gasteiger partial charge in [0.2, 0.25) is 5.78 Å². The van der Waals surface area contributed by atoms with Crippen LogP contribution in [0.5, 0.6) is 0 Å². The lowest BCUT2D eigenvalue weighted by atomic mass is 10.0. The highest BCUT2D eigenvalue weighted by atomic mass is 16.5. The van der Waals surface area contributed by atoms with Crippen LogP contribution in [0.2, 0.25) is 0 Å². The number of hydrogen-bond donors (Lipinski definition) is 0. The molecule has 0 radical (unpaired) electrons. The average Bonchev–Trinajstić information content (AvgIpc) is 3.55. The molecule has 0 spiro atoms. The molecule has 0 bridgehead atoms. The highest BCUT2D eigenvalue weighted by molar-refractivity contribution is 6.08. The fourth-order valence-corrected chi connectivity index (χ4v) is 3.89. The van der Waals surface area contributed by atoms with E-state index in [9.17, 15) is 9.59 Å². The first-order valence-electron chi connectivity index (χ1n) is 10.9. The average molecular weight is 454 g/mol. The fraction of sp³-hybridized carbons (Fsp3) is 0.200. The smallest absolute Gasteiger partial charge is 0.234 e. The zero-order valence-corrected chi connectivity index (χ0v) is 18.8. The minimum absolute atomic E-state index is 0.0341. The highest BCUT2D eigenvalue weighted by Gasteiger charge is 2.23. The Balaban J connectivity index is 1.34. The number of fused-ring (bicyclic) bond motifs is 1. The van der Waals surface area contributed by atoms with Gasteiger partial charge in [0.15, 0.2) is 11.6 Å². The van der Waals surface area contributed by atoms with Crippen molar-refractivity contribution >= 4 is 17.3 Å². The van der Waals surface area contributed by atoms with E-state index in [4.69, 9.17) is 4.52 Å². The first-order chi connectivity index (χ1) is 16.5. The molecule has 5 rings (SSSR count). The summed E-state index contributed by atoms with van der Waals surface area (Å²) >= 11 is 0. The summed E-state index contributed by atoms with van der Waals surface area (Å²) in [6.07, 6.45) is 5.85. The van der Waals surface area contributed by atoms with Gasteiger partial charge in [0.05, 0.1) is 35.3 Å². The van der Waals surface area contributed by atoms with Crippen LogP contribution in [0, 0.1) is 6.92 Å². The number of aromatic nitrogens is 6. The summed E-state index contributed by atoms with van der Waals surface area (Å²) in [7, 11) is 1.66. The minimum atomic E-state index is -0.229. The Morgan fingerprint density at radius 1 is 1.03 bits per heavy atom. The first kappa shape index (κ1) is 21.4. The summed E-state index contributed by atoms with van der Waals surface area (Å²) in [6, 6.07) is 13.4. The van der Waals surface area contributed by atoms with Crippen LogP contribution in [-0.2, 0) is 19.9 Å². The summed E-state index contributed by atoms with van der Waals surface area (Å²) < 4.78 is 8.31. The number of aryl methyl sites for hydroxylation is 3. The lowest BCUT2D eigenvalue weighted by Gasteiger charge is -2.05. The Kier molecular flexibility index (Phi) is 5.59. The van der Waals surface area contributed by atoms with Gasteiger partial charge in [-0.05, 0) is 13.0 Å². The largest absolute Gasteiger partial charge is 0.361 e. The fourth-order valence-electron chi connectivity index (χ4n) is 3.89. The van der Waals surface area contributed by atoms with Gasteiger partial charge in [0.25, 0.3) is 0 Å². The number of carbonyl (C=O) groups excluding carboxylic acids is 2. The summed E-state index contributed by atoms with van der Waals surface area (Å²) in [4.78, 5) is 35.1. The maximum absolute atomic E-state index is 13.2. The Labute approximate surface area is 195 Å². The summed E-state index contributed by atoms with van der Waals surface area (Å²) in [5, 5.41) is 8.06. The van der Waals surface area contributed by atoms with Crippen molar-refractivity contribution in [2.75, 3.05) is 0 Å². The second kappa shape index (κ2) is 8.86. The van der Waals surface area contributed by atoms with Crippen molar-refractivity contribution in [3.05, 3.63) is 89.5 Å². The molecule has 0 amide bonds. The molecule has 4 heterocycles. The van der Waals surface area contributed by atoms with Gasteiger partial charge < -0.3 is 4.52 Å². The molecule has 0 unspecified atom stereocenters. The normalized spacial score (nSPS) is 11.2. The van der Waals surface area contributed by atoms with E-state index in [0.717, 1.165) is 11.3 Å². The van der Waals surface area contributed by atoms with Gasteiger partial charge in [-0.3, -0.25) is 18.7 Å². The molecule has 0 fully saturated rings. The number of benzene rings is 1. The lowest BCUT2D eigenvalue weighted by Crippen LogP contribution is -2.15. The molecule has 0 atom stereocenters. The number of ketones is 2. The van der Waals surface area contributed by atoms with Crippen LogP contribution in [0.25, 0.3) is 17.0 Å². The van der Waals surface area contributed by atoms with Crippen LogP contribution in [0.1, 0.15) is 44.4 Å². The van der Waals surface area contributed by atoms with Crippen molar-refractivity contribution in [2.45, 2.75) is 26.2 Å². The number of imidazole rings is 1. The highest BCUT2D eigenvalue weighted by Crippen LogP contribution is 2.19. The molecule has 9 heteroatoms. The summed E-state index contributed by atoms with van der Waals surface area (Å²) in [5.41, 5.74) is 3.65. The van der Waals surface area contributed by atoms with Gasteiger partial charge in [0.1, 0.15) is 11.5 Å². The third-order valence-corrected chi connectivity index (χ3v) is 5.58. The summed E-state index contributed by atoms with van der Waals surface area (Å²) in [5.74, 6) is 0.805. The maximum atomic E-state index is 13.2. The van der Waals surface area contributed by atoms with E-state index in [1.807, 2.05) is 47.1 Å². The molecule has 0 saturated heterocycles. The zero-order chi connectivity index (χ0) is 23.7. The predicted molar refractivity (Wildman–Crippen MR) is 124 cm³/mol. The van der Waals surface area contributed by atoms with Gasteiger partial charge in [0, 0.05) is 43.9 Å². The predicted octanol–water partition coefficient (Wildman–Crippen LogP) is 3.67. The molecule has 0 aliphatic heterocycles. The quantitative estimate of drug-likeness (QED) is 0.329. The van der Waals surface area contributed by atoms with Gasteiger partial charge in [-0.1, -0.05) is 35.5 Å². The molecule has 9 nitrogen and oxygen atoms in total. The van der Waals surface area contributed by atoms with Crippen molar-refractivity contribution in [1.29, 1.82) is 0 Å². The van der Waals surface area contributed by atoms with E-state index in [0.29, 0.717) is 34.9 Å². The van der Waals surface area contributed by atoms with Crippen LogP contribution in [-0.4, -0.2) is 40.9 Å². The molecular weight excluding hydrogens is 432 g/mol. The van der Waals surface area contributed by atoms with Crippen LogP contribution in [0.15, 0.2) is 65.6 Å². The number of Topliss-reactive ketones (excluding diaryl/α,β-unsaturated/α-hetero) is 2. The molecule has 1 aromatic carbocycles. The van der Waals surface area contributed by atoms with Crippen LogP contribution < -0.4 is 0 Å². The van der Waals surface area contributed by atoms with E-state index in [-0.39, 0.29) is 30.1 Å². The second-order valence-corrected chi connectivity index (χ2v) is 8.10. The maximum Gasteiger partial charge on any atom is 0.234 e. The SMILES string of the molecule is Cc1cc(CCC(=O)c2cnn(C)c2C(=O)Cc2ccn3cc(-c4ccccc4)nc3n2)no1. The van der Waals surface area contributed by atoms with Gasteiger partial charge >= 0.3 is 0 Å². The molecule has 170 valence electrons. The molecular formula is C25H22N6O3. The Morgan fingerprint density at radius 2 is 1.85 bits per heavy atom. The monoisotopic (exact) mass is 454 g/mol. The molecule has 34 heavy (non-hydrogen) atoms. The van der Waals surface area contributed by atoms with Crippen LogP contribution >= 0.6 is 0 Å². The molecule has 0 aliphatic rings. The third-order valence-electron chi connectivity index (χ3n) is 5.58. The van der Waals surface area contributed by atoms with Gasteiger partial charge in [-0.25, -0.2) is 9.97 Å². The topological polar surface area (TPSA) is 108 Å². The van der Waals surface area contributed by atoms with E-state index in [1.165, 1.54) is 10.9 Å². The number of carbonyl (C=O) groups is 2. The van der Waals surface area contributed by atoms with E-state index in [2.05, 4.69) is 20.2 Å². The van der Waals surface area contributed by atoms with Crippen molar-refractivity contribution in [3.63, 3.8) is 0 Å².